The van der Waals surface area contributed by atoms with Gasteiger partial charge in [-0.1, -0.05) is 12.1 Å². The van der Waals surface area contributed by atoms with E-state index in [2.05, 4.69) is 0 Å². The number of para-hydroxylation sites is 1. The number of hydrogen-bond acceptors (Lipinski definition) is 2. The Labute approximate surface area is 206 Å². The van der Waals surface area contributed by atoms with E-state index in [1.807, 2.05) is 0 Å². The van der Waals surface area contributed by atoms with Gasteiger partial charge in [0.15, 0.2) is 0 Å². The zero-order chi connectivity index (χ0) is 30.6. The molecule has 0 aromatic heterocycles. The van der Waals surface area contributed by atoms with Crippen molar-refractivity contribution >= 4 is 11.6 Å². The van der Waals surface area contributed by atoms with E-state index in [0.29, 0.717) is 0 Å². The van der Waals surface area contributed by atoms with Crippen LogP contribution in [0.15, 0.2) is 24.3 Å². The van der Waals surface area contributed by atoms with Crippen LogP contribution in [0.3, 0.4) is 0 Å². The van der Waals surface area contributed by atoms with E-state index in [9.17, 15) is 79.4 Å². The number of halogens is 17. The molecule has 0 radical (unpaired) electrons. The van der Waals surface area contributed by atoms with E-state index in [4.69, 9.17) is 0 Å². The molecular weight excluding hydrogens is 595 g/mol. The Hall–Kier alpha value is -2.70. The van der Waals surface area contributed by atoms with Gasteiger partial charge in [0.1, 0.15) is 5.82 Å². The van der Waals surface area contributed by atoms with Crippen LogP contribution in [0.2, 0.25) is 0 Å². The van der Waals surface area contributed by atoms with Gasteiger partial charge in [-0.15, -0.1) is 0 Å². The molecule has 1 aromatic carbocycles. The van der Waals surface area contributed by atoms with Gasteiger partial charge in [0.25, 0.3) is 5.91 Å². The highest BCUT2D eigenvalue weighted by Crippen LogP contribution is 2.62. The minimum atomic E-state index is -8.57. The van der Waals surface area contributed by atoms with E-state index in [-0.39, 0.29) is 10.6 Å². The summed E-state index contributed by atoms with van der Waals surface area (Å²) in [6, 6.07) is 4.60. The number of carbonyl (C=O) groups excluding carboxylic acids is 1. The van der Waals surface area contributed by atoms with E-state index in [1.54, 1.807) is 0 Å². The number of hydrogen-bond donors (Lipinski definition) is 0. The largest absolute Gasteiger partial charge is 0.392 e. The molecule has 224 valence electrons. The zero-order valence-electron chi connectivity index (χ0n) is 18.4. The van der Waals surface area contributed by atoms with Crippen molar-refractivity contribution in [3.05, 3.63) is 30.1 Å². The Morgan fingerprint density at radius 3 is 1.49 bits per heavy atom. The highest BCUT2D eigenvalue weighted by Gasteiger charge is 2.94. The first kappa shape index (κ1) is 32.5. The zero-order valence-corrected chi connectivity index (χ0v) is 18.4. The lowest BCUT2D eigenvalue weighted by Crippen LogP contribution is -2.75. The molecule has 1 saturated heterocycles. The van der Waals surface area contributed by atoms with Crippen molar-refractivity contribution in [3.8, 4) is 0 Å². The highest BCUT2D eigenvalue weighted by molar-refractivity contribution is 5.85. The van der Waals surface area contributed by atoms with Crippen LogP contribution in [0.25, 0.3) is 0 Å². The van der Waals surface area contributed by atoms with Crippen LogP contribution in [0.5, 0.6) is 0 Å². The molecule has 1 aliphatic heterocycles. The Morgan fingerprint density at radius 1 is 0.641 bits per heavy atom. The summed E-state index contributed by atoms with van der Waals surface area (Å²) in [5.41, 5.74) is -0.198. The van der Waals surface area contributed by atoms with Crippen LogP contribution in [-0.2, 0) is 4.79 Å². The van der Waals surface area contributed by atoms with Crippen LogP contribution >= 0.6 is 0 Å². The molecule has 1 aliphatic rings. The summed E-state index contributed by atoms with van der Waals surface area (Å²) >= 11 is 0. The quantitative estimate of drug-likeness (QED) is 0.313. The van der Waals surface area contributed by atoms with Crippen molar-refractivity contribution in [3.63, 3.8) is 0 Å². The molecule has 0 N–H and O–H groups in total. The van der Waals surface area contributed by atoms with Crippen LogP contribution in [-0.4, -0.2) is 84.9 Å². The normalized spacial score (nSPS) is 17.2. The second kappa shape index (κ2) is 9.74. The minimum absolute atomic E-state index is 0.198. The smallest absolute Gasteiger partial charge is 0.366 e. The number of piperazine rings is 1. The molecule has 1 aromatic rings. The molecule has 2 rings (SSSR count). The van der Waals surface area contributed by atoms with Gasteiger partial charge in [0, 0.05) is 26.2 Å². The van der Waals surface area contributed by atoms with Crippen molar-refractivity contribution in [2.24, 2.45) is 0 Å². The molecule has 1 fully saturated rings. The monoisotopic (exact) mass is 608 g/mol. The van der Waals surface area contributed by atoms with Crippen LogP contribution in [0.1, 0.15) is 0 Å². The number of alkyl halides is 16. The van der Waals surface area contributed by atoms with Crippen molar-refractivity contribution in [2.45, 2.75) is 47.9 Å². The van der Waals surface area contributed by atoms with Gasteiger partial charge < -0.3 is 9.80 Å². The average molecular weight is 608 g/mol. The van der Waals surface area contributed by atoms with Gasteiger partial charge >= 0.3 is 47.9 Å². The van der Waals surface area contributed by atoms with Crippen molar-refractivity contribution < 1.29 is 79.4 Å². The lowest BCUT2D eigenvalue weighted by atomic mass is 9.89. The molecule has 39 heavy (non-hydrogen) atoms. The predicted octanol–water partition coefficient (Wildman–Crippen LogP) is 6.19. The third-order valence-electron chi connectivity index (χ3n) is 5.69. The fraction of sp³-hybridized carbons (Fsp3) is 0.632. The number of carbonyl (C=O) groups is 1. The van der Waals surface area contributed by atoms with Crippen LogP contribution in [0.4, 0.5) is 80.3 Å². The SMILES string of the molecule is O=C(N1CCN(c2ccccc2F)CC1)C(F)(F)C(F)(F)C(F)(F)C(F)(F)C(F)(F)C(F)(F)C(F)(F)C(F)F. The van der Waals surface area contributed by atoms with E-state index in [1.165, 1.54) is 12.1 Å². The first-order valence-corrected chi connectivity index (χ1v) is 10.1. The Bertz CT molecular complexity index is 1050. The van der Waals surface area contributed by atoms with Crippen LogP contribution < -0.4 is 4.90 Å². The highest BCUT2D eigenvalue weighted by atomic mass is 19.4. The lowest BCUT2D eigenvalue weighted by molar-refractivity contribution is -0.444. The molecule has 0 saturated carbocycles. The molecule has 0 aliphatic carbocycles. The molecule has 1 amide bonds. The summed E-state index contributed by atoms with van der Waals surface area (Å²) in [6.07, 6.45) is -5.94. The molecule has 20 heteroatoms. The third kappa shape index (κ3) is 4.59. The Morgan fingerprint density at radius 2 is 1.05 bits per heavy atom. The van der Waals surface area contributed by atoms with Gasteiger partial charge in [-0.25, -0.2) is 13.2 Å². The molecular formula is C19H13F17N2O. The van der Waals surface area contributed by atoms with Gasteiger partial charge in [-0.2, -0.15) is 61.5 Å². The summed E-state index contributed by atoms with van der Waals surface area (Å²) in [5.74, 6) is -60.6. The second-order valence-corrected chi connectivity index (χ2v) is 8.10. The van der Waals surface area contributed by atoms with E-state index >= 15 is 0 Å². The fourth-order valence-electron chi connectivity index (χ4n) is 3.33. The molecule has 1 heterocycles. The summed E-state index contributed by atoms with van der Waals surface area (Å²) in [4.78, 5) is 12.6. The van der Waals surface area contributed by atoms with Crippen molar-refractivity contribution in [1.29, 1.82) is 0 Å². The number of nitrogens with zero attached hydrogens (tertiary/aromatic N) is 2. The fourth-order valence-corrected chi connectivity index (χ4v) is 3.33. The molecule has 0 atom stereocenters. The summed E-state index contributed by atoms with van der Waals surface area (Å²) < 4.78 is 229. The third-order valence-corrected chi connectivity index (χ3v) is 5.69. The second-order valence-electron chi connectivity index (χ2n) is 8.10. The lowest BCUT2D eigenvalue weighted by Gasteiger charge is -2.43. The first-order chi connectivity index (χ1) is 17.3. The Balaban J connectivity index is 2.38. The predicted molar refractivity (Wildman–Crippen MR) is 95.8 cm³/mol. The summed E-state index contributed by atoms with van der Waals surface area (Å²) in [5, 5.41) is 0. The standard InChI is InChI=1S/C19H13F17N2O/c20-9-3-1-2-4-10(9)37-5-7-38(8-6-37)12(39)14(25,26)16(29,30)18(33,34)19(35,36)17(31,32)15(27,28)13(23,24)11(21)22/h1-4,11H,5-8H2. The van der Waals surface area contributed by atoms with E-state index in [0.717, 1.165) is 17.0 Å². The number of amides is 1. The number of benzene rings is 1. The van der Waals surface area contributed by atoms with Gasteiger partial charge in [-0.3, -0.25) is 4.79 Å². The summed E-state index contributed by atoms with van der Waals surface area (Å²) in [6.45, 7) is -3.47. The molecule has 0 spiro atoms. The van der Waals surface area contributed by atoms with Crippen molar-refractivity contribution in [1.82, 2.24) is 4.90 Å². The van der Waals surface area contributed by atoms with Gasteiger partial charge in [-0.05, 0) is 12.1 Å². The van der Waals surface area contributed by atoms with E-state index < -0.39 is 85.8 Å². The number of rotatable bonds is 9. The Kier molecular flexibility index (Phi) is 8.12. The average Bonchev–Trinajstić information content (AvgIpc) is 2.83. The van der Waals surface area contributed by atoms with Gasteiger partial charge in [0.05, 0.1) is 5.69 Å². The first-order valence-electron chi connectivity index (χ1n) is 10.1. The topological polar surface area (TPSA) is 23.6 Å². The minimum Gasteiger partial charge on any atom is -0.366 e. The maximum atomic E-state index is 14.2. The van der Waals surface area contributed by atoms with Crippen LogP contribution in [0, 0.1) is 5.82 Å². The van der Waals surface area contributed by atoms with Crippen molar-refractivity contribution in [2.75, 3.05) is 31.1 Å². The molecule has 3 nitrogen and oxygen atoms in total. The number of anilines is 1. The summed E-state index contributed by atoms with van der Waals surface area (Å²) in [7, 11) is 0. The maximum absolute atomic E-state index is 14.2. The molecule has 0 bridgehead atoms. The molecule has 0 unspecified atom stereocenters. The maximum Gasteiger partial charge on any atom is 0.392 e. The van der Waals surface area contributed by atoms with Gasteiger partial charge in [0.2, 0.25) is 0 Å².